The monoisotopic (exact) mass is 500 g/mol. The van der Waals surface area contributed by atoms with Gasteiger partial charge in [0.2, 0.25) is 11.8 Å². The molecule has 9 heteroatoms. The Morgan fingerprint density at radius 3 is 2.74 bits per heavy atom. The van der Waals surface area contributed by atoms with Gasteiger partial charge in [0.05, 0.1) is 16.8 Å². The van der Waals surface area contributed by atoms with E-state index in [1.807, 2.05) is 37.3 Å². The van der Waals surface area contributed by atoms with Crippen molar-refractivity contribution >= 4 is 50.4 Å². The van der Waals surface area contributed by atoms with Crippen molar-refractivity contribution in [2.24, 2.45) is 5.92 Å². The van der Waals surface area contributed by atoms with Crippen LogP contribution >= 0.6 is 27.7 Å². The highest BCUT2D eigenvalue weighted by atomic mass is 79.9. The lowest BCUT2D eigenvalue weighted by Crippen LogP contribution is -2.39. The van der Waals surface area contributed by atoms with Crippen LogP contribution in [0.4, 0.5) is 0 Å². The Bertz CT molecular complexity index is 1200. The largest absolute Gasteiger partial charge is 0.338 e. The molecule has 1 N–H and O–H groups in total. The summed E-state index contributed by atoms with van der Waals surface area (Å²) in [5, 5.41) is 0.828. The van der Waals surface area contributed by atoms with Crippen molar-refractivity contribution in [2.45, 2.75) is 25.0 Å². The number of amides is 2. The highest BCUT2D eigenvalue weighted by Gasteiger charge is 2.34. The van der Waals surface area contributed by atoms with Crippen molar-refractivity contribution in [1.29, 1.82) is 0 Å². The van der Waals surface area contributed by atoms with Crippen LogP contribution in [-0.4, -0.2) is 38.7 Å². The number of likely N-dealkylation sites (tertiary alicyclic amines) is 1. The van der Waals surface area contributed by atoms with Crippen LogP contribution in [0.5, 0.6) is 0 Å². The zero-order valence-electron chi connectivity index (χ0n) is 16.9. The molecule has 0 spiro atoms. The summed E-state index contributed by atoms with van der Waals surface area (Å²) < 4.78 is 2.03. The van der Waals surface area contributed by atoms with Crippen LogP contribution in [0.25, 0.3) is 10.9 Å². The Kier molecular flexibility index (Phi) is 6.43. The van der Waals surface area contributed by atoms with E-state index in [-0.39, 0.29) is 23.8 Å². The number of halogens is 1. The maximum atomic E-state index is 13.1. The van der Waals surface area contributed by atoms with Gasteiger partial charge in [0.1, 0.15) is 0 Å². The van der Waals surface area contributed by atoms with E-state index in [0.717, 1.165) is 10.0 Å². The van der Waals surface area contributed by atoms with Crippen LogP contribution in [0.2, 0.25) is 0 Å². The summed E-state index contributed by atoms with van der Waals surface area (Å²) in [5.74, 6) is -0.263. The smallest absolute Gasteiger partial charge is 0.281 e. The minimum absolute atomic E-state index is 0.0685. The molecule has 0 radical (unpaired) electrons. The van der Waals surface area contributed by atoms with E-state index in [9.17, 15) is 14.4 Å². The van der Waals surface area contributed by atoms with Crippen LogP contribution in [0, 0.1) is 5.92 Å². The highest BCUT2D eigenvalue weighted by Crippen LogP contribution is 2.23. The molecule has 2 aromatic carbocycles. The zero-order valence-corrected chi connectivity index (χ0v) is 19.3. The molecule has 0 aliphatic carbocycles. The summed E-state index contributed by atoms with van der Waals surface area (Å²) >= 11 is 4.77. The first-order valence-corrected chi connectivity index (χ1v) is 11.7. The molecule has 4 rings (SSSR count). The normalized spacial score (nSPS) is 16.1. The number of carbonyl (C=O) groups excluding carboxylic acids is 2. The zero-order chi connectivity index (χ0) is 22.0. The molecule has 7 nitrogen and oxygen atoms in total. The summed E-state index contributed by atoms with van der Waals surface area (Å²) in [6.07, 6.45) is 0.123. The number of rotatable bonds is 6. The van der Waals surface area contributed by atoms with Crippen molar-refractivity contribution in [3.05, 3.63) is 68.9 Å². The molecule has 0 bridgehead atoms. The Labute approximate surface area is 191 Å². The molecule has 1 saturated heterocycles. The SMILES string of the molecule is CCSc1nc2cc(Br)ccc2c(=O)n1NC(=O)C1CC(=O)N(Cc2ccccc2)C1. The Morgan fingerprint density at radius 1 is 1.23 bits per heavy atom. The summed E-state index contributed by atoms with van der Waals surface area (Å²) in [4.78, 5) is 44.7. The number of thioether (sulfide) groups is 1. The molecule has 1 aliphatic rings. The van der Waals surface area contributed by atoms with Gasteiger partial charge in [-0.1, -0.05) is 64.9 Å². The second-order valence-corrected chi connectivity index (χ2v) is 9.41. The van der Waals surface area contributed by atoms with Gasteiger partial charge in [-0.2, -0.15) is 4.68 Å². The van der Waals surface area contributed by atoms with Gasteiger partial charge in [0, 0.05) is 24.0 Å². The third-order valence-electron chi connectivity index (χ3n) is 5.10. The molecule has 1 unspecified atom stereocenters. The minimum Gasteiger partial charge on any atom is -0.338 e. The van der Waals surface area contributed by atoms with Crippen molar-refractivity contribution in [2.75, 3.05) is 17.7 Å². The fourth-order valence-corrected chi connectivity index (χ4v) is 4.60. The van der Waals surface area contributed by atoms with Gasteiger partial charge in [-0.05, 0) is 29.5 Å². The van der Waals surface area contributed by atoms with E-state index >= 15 is 0 Å². The van der Waals surface area contributed by atoms with Gasteiger partial charge in [-0.3, -0.25) is 19.8 Å². The lowest BCUT2D eigenvalue weighted by atomic mass is 10.1. The van der Waals surface area contributed by atoms with Crippen molar-refractivity contribution < 1.29 is 9.59 Å². The first kappa shape index (κ1) is 21.6. The lowest BCUT2D eigenvalue weighted by molar-refractivity contribution is -0.128. The fraction of sp³-hybridized carbons (Fsp3) is 0.273. The third-order valence-corrected chi connectivity index (χ3v) is 6.41. The van der Waals surface area contributed by atoms with Gasteiger partial charge in [-0.15, -0.1) is 0 Å². The standard InChI is InChI=1S/C22H21BrN4O3S/c1-2-31-22-24-18-11-16(23)8-9-17(18)21(30)27(22)25-20(29)15-10-19(28)26(13-15)12-14-6-4-3-5-7-14/h3-9,11,15H,2,10,12-13H2,1H3,(H,25,29). The minimum atomic E-state index is -0.525. The molecule has 2 heterocycles. The van der Waals surface area contributed by atoms with E-state index in [4.69, 9.17) is 0 Å². The molecule has 2 amide bonds. The quantitative estimate of drug-likeness (QED) is 0.414. The molecule has 1 atom stereocenters. The molecule has 160 valence electrons. The Balaban J connectivity index is 1.56. The first-order valence-electron chi connectivity index (χ1n) is 9.94. The number of hydrogen-bond donors (Lipinski definition) is 1. The predicted octanol–water partition coefficient (Wildman–Crippen LogP) is 3.39. The van der Waals surface area contributed by atoms with Crippen molar-refractivity contribution in [3.8, 4) is 0 Å². The van der Waals surface area contributed by atoms with E-state index in [1.165, 1.54) is 16.4 Å². The number of benzene rings is 2. The summed E-state index contributed by atoms with van der Waals surface area (Å²) in [5.41, 5.74) is 3.94. The maximum absolute atomic E-state index is 13.1. The number of hydrogen-bond acceptors (Lipinski definition) is 5. The molecule has 31 heavy (non-hydrogen) atoms. The maximum Gasteiger partial charge on any atom is 0.281 e. The average Bonchev–Trinajstić information content (AvgIpc) is 3.12. The van der Waals surface area contributed by atoms with Gasteiger partial charge in [-0.25, -0.2) is 4.98 Å². The molecule has 3 aromatic rings. The molecule has 1 fully saturated rings. The second kappa shape index (κ2) is 9.23. The number of nitrogens with zero attached hydrogens (tertiary/aromatic N) is 3. The fourth-order valence-electron chi connectivity index (χ4n) is 3.57. The van der Waals surface area contributed by atoms with Gasteiger partial charge >= 0.3 is 0 Å². The van der Waals surface area contributed by atoms with Crippen LogP contribution in [-0.2, 0) is 16.1 Å². The van der Waals surface area contributed by atoms with Crippen molar-refractivity contribution in [1.82, 2.24) is 14.6 Å². The molecular weight excluding hydrogens is 480 g/mol. The van der Waals surface area contributed by atoms with Gasteiger partial charge < -0.3 is 4.90 Å². The predicted molar refractivity (Wildman–Crippen MR) is 124 cm³/mol. The average molecular weight is 501 g/mol. The second-order valence-electron chi connectivity index (χ2n) is 7.27. The summed E-state index contributed by atoms with van der Waals surface area (Å²) in [7, 11) is 0. The third kappa shape index (κ3) is 4.67. The van der Waals surface area contributed by atoms with E-state index in [0.29, 0.717) is 34.9 Å². The van der Waals surface area contributed by atoms with E-state index in [2.05, 4.69) is 26.3 Å². The van der Waals surface area contributed by atoms with Crippen LogP contribution in [0.15, 0.2) is 63.0 Å². The number of nitrogens with one attached hydrogen (secondary N) is 1. The molecule has 0 saturated carbocycles. The van der Waals surface area contributed by atoms with Gasteiger partial charge in [0.15, 0.2) is 5.16 Å². The van der Waals surface area contributed by atoms with Crippen LogP contribution in [0.1, 0.15) is 18.9 Å². The first-order chi connectivity index (χ1) is 15.0. The number of aromatic nitrogens is 2. The Morgan fingerprint density at radius 2 is 2.00 bits per heavy atom. The summed E-state index contributed by atoms with van der Waals surface area (Å²) in [6.45, 7) is 2.73. The summed E-state index contributed by atoms with van der Waals surface area (Å²) in [6, 6.07) is 14.9. The van der Waals surface area contributed by atoms with E-state index in [1.54, 1.807) is 23.1 Å². The van der Waals surface area contributed by atoms with Crippen LogP contribution in [0.3, 0.4) is 0 Å². The van der Waals surface area contributed by atoms with Crippen LogP contribution < -0.4 is 11.0 Å². The number of carbonyl (C=O) groups is 2. The van der Waals surface area contributed by atoms with Gasteiger partial charge in [0.25, 0.3) is 5.56 Å². The van der Waals surface area contributed by atoms with E-state index < -0.39 is 5.92 Å². The molecular formula is C22H21BrN4O3S. The number of fused-ring (bicyclic) bond motifs is 1. The molecule has 1 aromatic heterocycles. The Hall–Kier alpha value is -2.65. The highest BCUT2D eigenvalue weighted by molar-refractivity contribution is 9.10. The van der Waals surface area contributed by atoms with Crippen molar-refractivity contribution in [3.63, 3.8) is 0 Å². The topological polar surface area (TPSA) is 84.3 Å². The lowest BCUT2D eigenvalue weighted by Gasteiger charge is -2.18. The molecule has 1 aliphatic heterocycles.